The van der Waals surface area contributed by atoms with Gasteiger partial charge in [-0.1, -0.05) is 76.6 Å². The minimum absolute atomic E-state index is 0.117. The van der Waals surface area contributed by atoms with Crippen LogP contribution in [0.1, 0.15) is 71.0 Å². The molecule has 0 bridgehead atoms. The molecule has 1 fully saturated rings. The number of hydrogen-bond donors (Lipinski definition) is 3. The van der Waals surface area contributed by atoms with Gasteiger partial charge in [0.1, 0.15) is 0 Å². The van der Waals surface area contributed by atoms with Crippen molar-refractivity contribution >= 4 is 29.8 Å². The molecule has 2 unspecified atom stereocenters. The number of carboxylic acid groups (broad SMARTS) is 1. The third kappa shape index (κ3) is 11.6. The molecule has 10 nitrogen and oxygen atoms in total. The van der Waals surface area contributed by atoms with E-state index < -0.39 is 12.2 Å². The Labute approximate surface area is 250 Å². The number of halogens is 1. The average Bonchev–Trinajstić information content (AvgIpc) is 2.91. The number of carbonyl (C=O) groups is 3. The second-order valence-electron chi connectivity index (χ2n) is 12.1. The lowest BCUT2D eigenvalue weighted by molar-refractivity contribution is 0.0428. The average molecular weight is 597 g/mol. The number of urea groups is 1. The summed E-state index contributed by atoms with van der Waals surface area (Å²) in [5.74, 6) is 0.535. The second-order valence-corrected chi connectivity index (χ2v) is 12.5. The van der Waals surface area contributed by atoms with Crippen LogP contribution in [0, 0.1) is 17.3 Å². The Kier molecular flexibility index (Phi) is 14.0. The highest BCUT2D eigenvalue weighted by atomic mass is 35.5. The van der Waals surface area contributed by atoms with E-state index in [4.69, 9.17) is 16.3 Å². The monoisotopic (exact) mass is 596 g/mol. The molecule has 0 heterocycles. The smallest absolute Gasteiger partial charge is 0.407 e. The van der Waals surface area contributed by atoms with Crippen LogP contribution in [0.15, 0.2) is 24.3 Å². The Morgan fingerprint density at radius 2 is 1.80 bits per heavy atom. The van der Waals surface area contributed by atoms with Gasteiger partial charge in [0.15, 0.2) is 0 Å². The summed E-state index contributed by atoms with van der Waals surface area (Å²) in [5.41, 5.74) is 0.747. The molecule has 1 aromatic rings. The molecule has 1 aliphatic carbocycles. The van der Waals surface area contributed by atoms with Crippen LogP contribution in [0.4, 0.5) is 14.4 Å². The molecule has 11 heteroatoms. The predicted octanol–water partition coefficient (Wildman–Crippen LogP) is 6.01. The second kappa shape index (κ2) is 16.7. The van der Waals surface area contributed by atoms with Crippen LogP contribution in [-0.2, 0) is 9.47 Å². The zero-order chi connectivity index (χ0) is 30.6. The molecule has 1 saturated carbocycles. The van der Waals surface area contributed by atoms with E-state index in [9.17, 15) is 19.5 Å². The Balaban J connectivity index is 2.14. The van der Waals surface area contributed by atoms with E-state index in [0.29, 0.717) is 23.9 Å². The topological polar surface area (TPSA) is 120 Å². The number of hydrogen-bond acceptors (Lipinski definition) is 5. The van der Waals surface area contributed by atoms with E-state index in [2.05, 4.69) is 36.1 Å². The fraction of sp³-hybridized carbons (Fsp3) is 0.700. The fourth-order valence-electron chi connectivity index (χ4n) is 5.92. The third-order valence-corrected chi connectivity index (χ3v) is 8.10. The van der Waals surface area contributed by atoms with Gasteiger partial charge in [-0.2, -0.15) is 0 Å². The summed E-state index contributed by atoms with van der Waals surface area (Å²) in [6.45, 7) is 7.66. The van der Waals surface area contributed by atoms with Gasteiger partial charge in [0, 0.05) is 38.8 Å². The van der Waals surface area contributed by atoms with Gasteiger partial charge in [0.25, 0.3) is 0 Å². The van der Waals surface area contributed by atoms with E-state index in [1.54, 1.807) is 25.1 Å². The molecule has 3 atom stereocenters. The Hall–Kier alpha value is -2.72. The molecule has 0 aromatic heterocycles. The predicted molar refractivity (Wildman–Crippen MR) is 160 cm³/mol. The quantitative estimate of drug-likeness (QED) is 0.240. The minimum atomic E-state index is -1.02. The van der Waals surface area contributed by atoms with E-state index in [1.807, 2.05) is 18.2 Å². The standard InChI is InChI=1S/C30H49ClN4O6/c1-30(2,3)26(21-11-8-7-9-12-21)24(20-35(5)29(38)39)33-27(36)34(4)17-15-25(22-13-10-14-23(31)19-22)41-18-16-32-28(37)40-6/h10,13-14,19,21,24-26H,7-9,11-12,15-18,20H2,1-6H3,(H,32,37)(H,33,36)(H,38,39)/t24?,25-,26?/m1/s1. The minimum Gasteiger partial charge on any atom is -0.465 e. The Morgan fingerprint density at radius 3 is 2.39 bits per heavy atom. The molecule has 0 radical (unpaired) electrons. The highest BCUT2D eigenvalue weighted by Crippen LogP contribution is 2.42. The van der Waals surface area contributed by atoms with Gasteiger partial charge in [-0.15, -0.1) is 0 Å². The first kappa shape index (κ1) is 34.5. The van der Waals surface area contributed by atoms with Crippen molar-refractivity contribution in [2.45, 2.75) is 71.4 Å². The summed E-state index contributed by atoms with van der Waals surface area (Å²) in [6.07, 6.45) is 4.30. The number of likely N-dealkylation sites (N-methyl/N-ethyl adjacent to an activating group) is 1. The number of nitrogens with one attached hydrogen (secondary N) is 2. The summed E-state index contributed by atoms with van der Waals surface area (Å²) >= 11 is 6.23. The number of rotatable bonds is 13. The van der Waals surface area contributed by atoms with Crippen molar-refractivity contribution in [3.05, 3.63) is 34.9 Å². The number of amides is 4. The summed E-state index contributed by atoms with van der Waals surface area (Å²) in [6, 6.07) is 6.79. The van der Waals surface area contributed by atoms with Crippen LogP contribution in [0.2, 0.25) is 5.02 Å². The number of benzene rings is 1. The summed E-state index contributed by atoms with van der Waals surface area (Å²) in [5, 5.41) is 16.0. The van der Waals surface area contributed by atoms with Gasteiger partial charge in [-0.3, -0.25) is 0 Å². The maximum absolute atomic E-state index is 13.5. The maximum Gasteiger partial charge on any atom is 0.407 e. The first-order valence-corrected chi connectivity index (χ1v) is 14.9. The molecular weight excluding hydrogens is 548 g/mol. The summed E-state index contributed by atoms with van der Waals surface area (Å²) < 4.78 is 10.7. The molecule has 3 N–H and O–H groups in total. The summed E-state index contributed by atoms with van der Waals surface area (Å²) in [4.78, 5) is 39.5. The van der Waals surface area contributed by atoms with Gasteiger partial charge in [0.05, 0.1) is 25.9 Å². The van der Waals surface area contributed by atoms with Crippen LogP contribution in [0.3, 0.4) is 0 Å². The molecule has 0 saturated heterocycles. The molecule has 0 aliphatic heterocycles. The van der Waals surface area contributed by atoms with Gasteiger partial charge >= 0.3 is 18.2 Å². The first-order valence-electron chi connectivity index (χ1n) is 14.5. The van der Waals surface area contributed by atoms with Crippen molar-refractivity contribution in [1.29, 1.82) is 0 Å². The molecule has 232 valence electrons. The van der Waals surface area contributed by atoms with Crippen molar-refractivity contribution in [3.63, 3.8) is 0 Å². The Bertz CT molecular complexity index is 982. The lowest BCUT2D eigenvalue weighted by atomic mass is 9.65. The Morgan fingerprint density at radius 1 is 1.12 bits per heavy atom. The zero-order valence-corrected chi connectivity index (χ0v) is 26.2. The van der Waals surface area contributed by atoms with Crippen LogP contribution in [-0.4, -0.2) is 86.6 Å². The normalized spacial score (nSPS) is 16.3. The number of ether oxygens (including phenoxy) is 2. The number of carbonyl (C=O) groups excluding carboxylic acids is 2. The lowest BCUT2D eigenvalue weighted by Gasteiger charge is -2.45. The highest BCUT2D eigenvalue weighted by molar-refractivity contribution is 6.30. The van der Waals surface area contributed by atoms with E-state index in [1.165, 1.54) is 18.4 Å². The highest BCUT2D eigenvalue weighted by Gasteiger charge is 2.40. The molecule has 0 spiro atoms. The lowest BCUT2D eigenvalue weighted by Crippen LogP contribution is -2.56. The van der Waals surface area contributed by atoms with Crippen LogP contribution >= 0.6 is 11.6 Å². The zero-order valence-electron chi connectivity index (χ0n) is 25.5. The number of alkyl carbamates (subject to hydrolysis) is 1. The van der Waals surface area contributed by atoms with Gasteiger partial charge in [0.2, 0.25) is 0 Å². The van der Waals surface area contributed by atoms with Crippen molar-refractivity contribution in [3.8, 4) is 0 Å². The number of methoxy groups -OCH3 is 1. The van der Waals surface area contributed by atoms with E-state index >= 15 is 0 Å². The largest absolute Gasteiger partial charge is 0.465 e. The molecular formula is C30H49ClN4O6. The third-order valence-electron chi connectivity index (χ3n) is 7.87. The van der Waals surface area contributed by atoms with Crippen molar-refractivity contribution in [2.75, 3.05) is 47.4 Å². The molecule has 1 aliphatic rings. The molecule has 1 aromatic carbocycles. The van der Waals surface area contributed by atoms with Gasteiger partial charge in [-0.05, 0) is 41.4 Å². The summed E-state index contributed by atoms with van der Waals surface area (Å²) in [7, 11) is 4.58. The van der Waals surface area contributed by atoms with Gasteiger partial charge < -0.3 is 35.0 Å². The molecule has 4 amide bonds. The van der Waals surface area contributed by atoms with Crippen molar-refractivity contribution < 1.29 is 29.0 Å². The molecule has 2 rings (SSSR count). The SMILES string of the molecule is COC(=O)NCCO[C@H](CCN(C)C(=O)NC(CN(C)C(=O)O)C(C1CCCCC1)C(C)(C)C)c1cccc(Cl)c1. The fourth-order valence-corrected chi connectivity index (χ4v) is 6.11. The van der Waals surface area contributed by atoms with E-state index in [0.717, 1.165) is 31.2 Å². The van der Waals surface area contributed by atoms with Crippen LogP contribution < -0.4 is 10.6 Å². The number of nitrogens with zero attached hydrogens (tertiary/aromatic N) is 2. The first-order chi connectivity index (χ1) is 19.3. The van der Waals surface area contributed by atoms with Crippen LogP contribution in [0.25, 0.3) is 0 Å². The van der Waals surface area contributed by atoms with E-state index in [-0.39, 0.29) is 49.2 Å². The maximum atomic E-state index is 13.5. The van der Waals surface area contributed by atoms with Crippen molar-refractivity contribution in [2.24, 2.45) is 17.3 Å². The van der Waals surface area contributed by atoms with Crippen LogP contribution in [0.5, 0.6) is 0 Å². The van der Waals surface area contributed by atoms with Gasteiger partial charge in [-0.25, -0.2) is 14.4 Å². The van der Waals surface area contributed by atoms with Crippen molar-refractivity contribution in [1.82, 2.24) is 20.4 Å². The molecule has 41 heavy (non-hydrogen) atoms.